The number of nitrogens with zero attached hydrogens (tertiary/aromatic N) is 4. The van der Waals surface area contributed by atoms with E-state index in [9.17, 15) is 4.79 Å². The van der Waals surface area contributed by atoms with Crippen molar-refractivity contribution in [2.75, 3.05) is 36.9 Å². The lowest BCUT2D eigenvalue weighted by atomic mass is 10.2. The molecule has 0 atom stereocenters. The lowest BCUT2D eigenvalue weighted by Gasteiger charge is -2.26. The van der Waals surface area contributed by atoms with Crippen LogP contribution in [-0.2, 0) is 16.0 Å². The molecule has 1 fully saturated rings. The zero-order valence-corrected chi connectivity index (χ0v) is 15.7. The van der Waals surface area contributed by atoms with Gasteiger partial charge in [0.15, 0.2) is 5.13 Å². The molecule has 10 heteroatoms. The van der Waals surface area contributed by atoms with Crippen molar-refractivity contribution in [2.45, 2.75) is 20.3 Å². The molecule has 2 aromatic rings. The Hall–Kier alpha value is -2.04. The molecule has 0 aromatic carbocycles. The molecule has 1 aliphatic heterocycles. The summed E-state index contributed by atoms with van der Waals surface area (Å²) in [6.07, 6.45) is 0.188. The van der Waals surface area contributed by atoms with E-state index in [1.54, 1.807) is 18.3 Å². The fraction of sp³-hybridized carbons (Fsp3) is 0.467. The van der Waals surface area contributed by atoms with Gasteiger partial charge >= 0.3 is 0 Å². The maximum atomic E-state index is 12.1. The third-order valence-electron chi connectivity index (χ3n) is 3.76. The summed E-state index contributed by atoms with van der Waals surface area (Å²) >= 11 is 2.77. The number of anilines is 2. The largest absolute Gasteiger partial charge is 0.389 e. The van der Waals surface area contributed by atoms with E-state index in [1.807, 2.05) is 12.3 Å². The molecule has 0 radical (unpaired) electrons. The number of aryl methyl sites for hydroxylation is 1. The van der Waals surface area contributed by atoms with Gasteiger partial charge in [-0.1, -0.05) is 0 Å². The van der Waals surface area contributed by atoms with Crippen LogP contribution in [0.4, 0.5) is 10.1 Å². The Morgan fingerprint density at radius 2 is 2.24 bits per heavy atom. The Balaban J connectivity index is 1.57. The van der Waals surface area contributed by atoms with E-state index in [4.69, 9.17) is 10.5 Å². The summed E-state index contributed by atoms with van der Waals surface area (Å²) in [4.78, 5) is 18.8. The highest BCUT2D eigenvalue weighted by Gasteiger charge is 2.16. The number of carbonyl (C=O) groups is 1. The predicted octanol–water partition coefficient (Wildman–Crippen LogP) is 1.41. The first-order chi connectivity index (χ1) is 12.0. The molecule has 3 N–H and O–H groups in total. The third kappa shape index (κ3) is 4.33. The molecule has 25 heavy (non-hydrogen) atoms. The van der Waals surface area contributed by atoms with Gasteiger partial charge < -0.3 is 15.4 Å². The molecule has 0 bridgehead atoms. The van der Waals surface area contributed by atoms with E-state index in [1.165, 1.54) is 11.5 Å². The van der Waals surface area contributed by atoms with Crippen LogP contribution in [0.5, 0.6) is 0 Å². The number of hydrogen-bond donors (Lipinski definition) is 2. The summed E-state index contributed by atoms with van der Waals surface area (Å²) in [5.74, 6) is -0.211. The van der Waals surface area contributed by atoms with Gasteiger partial charge in [-0.15, -0.1) is 11.3 Å². The van der Waals surface area contributed by atoms with E-state index < -0.39 is 0 Å². The number of nitrogens with one attached hydrogen (secondary N) is 1. The number of morpholine rings is 1. The van der Waals surface area contributed by atoms with Crippen molar-refractivity contribution in [3.8, 4) is 0 Å². The molecular formula is C15H20N6O2S2. The molecule has 0 saturated carbocycles. The van der Waals surface area contributed by atoms with Gasteiger partial charge in [0.2, 0.25) is 5.91 Å². The van der Waals surface area contributed by atoms with Crippen molar-refractivity contribution in [1.82, 2.24) is 14.8 Å². The maximum absolute atomic E-state index is 12.1. The number of thiazole rings is 1. The average molecular weight is 380 g/mol. The Labute approximate surface area is 153 Å². The molecule has 0 spiro atoms. The number of nitrogens with two attached hydrogens (primary N) is 1. The number of amides is 1. The number of aromatic nitrogens is 2. The van der Waals surface area contributed by atoms with E-state index in [0.29, 0.717) is 23.9 Å². The van der Waals surface area contributed by atoms with Gasteiger partial charge in [0.05, 0.1) is 42.3 Å². The third-order valence-corrected chi connectivity index (χ3v) is 5.48. The van der Waals surface area contributed by atoms with Gasteiger partial charge in [0.25, 0.3) is 0 Å². The van der Waals surface area contributed by atoms with Crippen LogP contribution in [0.15, 0.2) is 10.5 Å². The smallest absolute Gasteiger partial charge is 0.246 e. The lowest BCUT2D eigenvalue weighted by molar-refractivity contribution is -0.120. The first-order valence-corrected chi connectivity index (χ1v) is 9.52. The minimum absolute atomic E-state index is 0.188. The van der Waals surface area contributed by atoms with Crippen molar-refractivity contribution < 1.29 is 9.53 Å². The van der Waals surface area contributed by atoms with E-state index >= 15 is 0 Å². The van der Waals surface area contributed by atoms with Crippen molar-refractivity contribution >= 4 is 44.6 Å². The molecule has 3 heterocycles. The standard InChI is InChI=1S/C15H20N6O2S2/c1-9(13-10(2)20-25-14(13)16)18-19-12(22)7-11-8-24-15(17-11)21-3-5-23-6-4-21/h8H,3-7,16H2,1-2H3,(H,19,22)/b18-9-. The molecule has 2 aromatic heterocycles. The van der Waals surface area contributed by atoms with Crippen LogP contribution < -0.4 is 16.1 Å². The highest BCUT2D eigenvalue weighted by Crippen LogP contribution is 2.22. The Morgan fingerprint density at radius 3 is 2.92 bits per heavy atom. The monoisotopic (exact) mass is 380 g/mol. The second kappa shape index (κ2) is 7.89. The van der Waals surface area contributed by atoms with Crippen molar-refractivity contribution in [1.29, 1.82) is 0 Å². The SMILES string of the molecule is C/C(=N/NC(=O)Cc1csc(N2CCOCC2)n1)c1c(C)nsc1N. The number of hydrazone groups is 1. The summed E-state index contributed by atoms with van der Waals surface area (Å²) in [5, 5.41) is 7.57. The maximum Gasteiger partial charge on any atom is 0.246 e. The van der Waals surface area contributed by atoms with E-state index in [-0.39, 0.29) is 12.3 Å². The van der Waals surface area contributed by atoms with Crippen molar-refractivity contribution in [3.63, 3.8) is 0 Å². The van der Waals surface area contributed by atoms with Gasteiger partial charge in [-0.2, -0.15) is 9.47 Å². The minimum atomic E-state index is -0.211. The fourth-order valence-corrected chi connectivity index (χ4v) is 4.10. The molecule has 1 saturated heterocycles. The average Bonchev–Trinajstić information content (AvgIpc) is 3.20. The minimum Gasteiger partial charge on any atom is -0.389 e. The first kappa shape index (κ1) is 17.8. The van der Waals surface area contributed by atoms with Crippen molar-refractivity contribution in [2.24, 2.45) is 5.10 Å². The van der Waals surface area contributed by atoms with Crippen LogP contribution in [0, 0.1) is 6.92 Å². The first-order valence-electron chi connectivity index (χ1n) is 7.87. The summed E-state index contributed by atoms with van der Waals surface area (Å²) in [5.41, 5.74) is 11.4. The molecule has 1 amide bonds. The number of nitrogen functional groups attached to an aromatic ring is 1. The number of carbonyl (C=O) groups excluding carboxylic acids is 1. The highest BCUT2D eigenvalue weighted by atomic mass is 32.1. The second-order valence-electron chi connectivity index (χ2n) is 5.64. The molecule has 3 rings (SSSR count). The zero-order valence-electron chi connectivity index (χ0n) is 14.1. The lowest BCUT2D eigenvalue weighted by Crippen LogP contribution is -2.36. The Kier molecular flexibility index (Phi) is 5.61. The van der Waals surface area contributed by atoms with Crippen LogP contribution in [0.25, 0.3) is 0 Å². The topological polar surface area (TPSA) is 106 Å². The molecular weight excluding hydrogens is 360 g/mol. The fourth-order valence-electron chi connectivity index (χ4n) is 2.51. The summed E-state index contributed by atoms with van der Waals surface area (Å²) < 4.78 is 9.52. The van der Waals surface area contributed by atoms with Gasteiger partial charge in [-0.3, -0.25) is 4.79 Å². The number of rotatable bonds is 5. The van der Waals surface area contributed by atoms with Crippen molar-refractivity contribution in [3.05, 3.63) is 22.3 Å². The molecule has 0 aliphatic carbocycles. The molecule has 8 nitrogen and oxygen atoms in total. The van der Waals surface area contributed by atoms with E-state index in [2.05, 4.69) is 24.8 Å². The van der Waals surface area contributed by atoms with Crippen LogP contribution in [-0.4, -0.2) is 47.3 Å². The van der Waals surface area contributed by atoms with Gasteiger partial charge in [-0.25, -0.2) is 10.4 Å². The number of hydrogen-bond acceptors (Lipinski definition) is 9. The summed E-state index contributed by atoms with van der Waals surface area (Å²) in [6, 6.07) is 0. The Bertz CT molecular complexity index is 759. The molecule has 134 valence electrons. The second-order valence-corrected chi connectivity index (χ2v) is 7.28. The zero-order chi connectivity index (χ0) is 17.8. The van der Waals surface area contributed by atoms with Crippen LogP contribution >= 0.6 is 22.9 Å². The van der Waals surface area contributed by atoms with Crippen LogP contribution in [0.3, 0.4) is 0 Å². The number of ether oxygens (including phenoxy) is 1. The van der Waals surface area contributed by atoms with Gasteiger partial charge in [-0.05, 0) is 25.4 Å². The van der Waals surface area contributed by atoms with Gasteiger partial charge in [0, 0.05) is 18.5 Å². The summed E-state index contributed by atoms with van der Waals surface area (Å²) in [7, 11) is 0. The molecule has 1 aliphatic rings. The van der Waals surface area contributed by atoms with Crippen LogP contribution in [0.2, 0.25) is 0 Å². The van der Waals surface area contributed by atoms with Crippen LogP contribution in [0.1, 0.15) is 23.9 Å². The molecule has 0 unspecified atom stereocenters. The quantitative estimate of drug-likeness (QED) is 0.600. The normalized spacial score (nSPS) is 15.4. The summed E-state index contributed by atoms with van der Waals surface area (Å²) in [6.45, 7) is 6.75. The predicted molar refractivity (Wildman–Crippen MR) is 100 cm³/mol. The Morgan fingerprint density at radius 1 is 1.48 bits per heavy atom. The van der Waals surface area contributed by atoms with E-state index in [0.717, 1.165) is 35.2 Å². The highest BCUT2D eigenvalue weighted by molar-refractivity contribution is 7.13. The van der Waals surface area contributed by atoms with Gasteiger partial charge in [0.1, 0.15) is 5.00 Å².